The molecule has 0 unspecified atom stereocenters. The number of carbonyl (C=O) groups excluding carboxylic acids is 2. The van der Waals surface area contributed by atoms with Crippen LogP contribution in [0.4, 0.5) is 10.5 Å². The lowest BCUT2D eigenvalue weighted by Crippen LogP contribution is -2.32. The molecule has 1 aliphatic rings. The molecule has 0 aliphatic carbocycles. The number of hydrogen-bond acceptors (Lipinski definition) is 8. The van der Waals surface area contributed by atoms with Gasteiger partial charge in [0.2, 0.25) is 0 Å². The molecule has 1 N–H and O–H groups in total. The molecule has 0 bridgehead atoms. The molecule has 1 saturated heterocycles. The molecule has 0 saturated carbocycles. The maximum Gasteiger partial charge on any atom is 0.410 e. The van der Waals surface area contributed by atoms with Crippen LogP contribution in [-0.4, -0.2) is 48.0 Å². The largest absolute Gasteiger partial charge is 0.445 e. The summed E-state index contributed by atoms with van der Waals surface area (Å²) in [6, 6.07) is 5.41. The number of rotatable bonds is 5. The smallest absolute Gasteiger partial charge is 0.410 e. The number of carbonyl (C=O) groups is 2. The maximum atomic E-state index is 12.6. The molecular weight excluding hydrogens is 374 g/mol. The van der Waals surface area contributed by atoms with Crippen LogP contribution in [0.1, 0.15) is 30.8 Å². The highest BCUT2D eigenvalue weighted by Crippen LogP contribution is 2.36. The Hall–Kier alpha value is -2.95. The van der Waals surface area contributed by atoms with Gasteiger partial charge in [-0.3, -0.25) is 24.9 Å². The minimum atomic E-state index is -0.546. The van der Waals surface area contributed by atoms with Gasteiger partial charge in [-0.25, -0.2) is 9.78 Å². The van der Waals surface area contributed by atoms with Crippen molar-refractivity contribution in [3.8, 4) is 0 Å². The monoisotopic (exact) mass is 391 g/mol. The molecule has 1 amide bonds. The predicted octanol–water partition coefficient (Wildman–Crippen LogP) is 2.44. The van der Waals surface area contributed by atoms with Crippen LogP contribution in [0, 0.1) is 10.1 Å². The quantitative estimate of drug-likeness (QED) is 0.607. The van der Waals surface area contributed by atoms with E-state index in [1.54, 1.807) is 0 Å². The van der Waals surface area contributed by atoms with Crippen molar-refractivity contribution in [2.75, 3.05) is 6.54 Å². The van der Waals surface area contributed by atoms with Crippen LogP contribution in [0.2, 0.25) is 0 Å². The van der Waals surface area contributed by atoms with Crippen molar-refractivity contribution in [3.05, 3.63) is 52.1 Å². The normalized spacial score (nSPS) is 19.1. The summed E-state index contributed by atoms with van der Waals surface area (Å²) in [5, 5.41) is 17.3. The SMILES string of the molecule is CC(=O)S[C@H]1C[C@@H](c2nc[nH]n2)N(C(=O)OCc2ccc([N+](=O)[O-])cc2)C1. The third-order valence-corrected chi connectivity index (χ3v) is 5.08. The third-order valence-electron chi connectivity index (χ3n) is 4.07. The standard InChI is InChI=1S/C16H17N5O5S/c1-10(22)27-13-6-14(15-17-9-18-19-15)20(7-13)16(23)26-8-11-2-4-12(5-3-11)21(24)25/h2-5,9,13-14H,6-8H2,1H3,(H,17,18,19)/t13-,14-/m0/s1. The summed E-state index contributed by atoms with van der Waals surface area (Å²) in [4.78, 5) is 39.8. The molecule has 1 fully saturated rings. The third kappa shape index (κ3) is 4.61. The van der Waals surface area contributed by atoms with Crippen LogP contribution < -0.4 is 0 Å². The Balaban J connectivity index is 1.65. The first kappa shape index (κ1) is 18.8. The second-order valence-corrected chi connectivity index (χ2v) is 7.45. The van der Waals surface area contributed by atoms with Crippen molar-refractivity contribution in [1.29, 1.82) is 0 Å². The van der Waals surface area contributed by atoms with Crippen molar-refractivity contribution in [2.24, 2.45) is 0 Å². The van der Waals surface area contributed by atoms with Gasteiger partial charge in [-0.1, -0.05) is 11.8 Å². The van der Waals surface area contributed by atoms with Crippen LogP contribution in [0.25, 0.3) is 0 Å². The van der Waals surface area contributed by atoms with Gasteiger partial charge in [0.05, 0.1) is 11.0 Å². The fourth-order valence-corrected chi connectivity index (χ4v) is 3.87. The van der Waals surface area contributed by atoms with Gasteiger partial charge in [0, 0.05) is 30.9 Å². The minimum absolute atomic E-state index is 0.0153. The lowest BCUT2D eigenvalue weighted by Gasteiger charge is -2.21. The highest BCUT2D eigenvalue weighted by molar-refractivity contribution is 8.14. The number of hydrogen-bond donors (Lipinski definition) is 1. The fourth-order valence-electron chi connectivity index (χ4n) is 2.89. The average molecular weight is 391 g/mol. The van der Waals surface area contributed by atoms with Crippen LogP contribution in [-0.2, 0) is 16.1 Å². The Morgan fingerprint density at radius 1 is 1.41 bits per heavy atom. The number of thioether (sulfide) groups is 1. The first-order valence-corrected chi connectivity index (χ1v) is 9.01. The molecule has 2 aromatic rings. The molecular formula is C16H17N5O5S. The Kier molecular flexibility index (Phi) is 5.69. The van der Waals surface area contributed by atoms with Gasteiger partial charge in [0.1, 0.15) is 12.9 Å². The number of benzene rings is 1. The van der Waals surface area contributed by atoms with Crippen LogP contribution in [0.15, 0.2) is 30.6 Å². The molecule has 2 atom stereocenters. The van der Waals surface area contributed by atoms with E-state index in [4.69, 9.17) is 4.74 Å². The van der Waals surface area contributed by atoms with E-state index in [2.05, 4.69) is 15.2 Å². The lowest BCUT2D eigenvalue weighted by molar-refractivity contribution is -0.384. The van der Waals surface area contributed by atoms with E-state index in [1.807, 2.05) is 0 Å². The number of likely N-dealkylation sites (tertiary alicyclic amines) is 1. The fraction of sp³-hybridized carbons (Fsp3) is 0.375. The Morgan fingerprint density at radius 2 is 2.15 bits per heavy atom. The van der Waals surface area contributed by atoms with Gasteiger partial charge in [-0.05, 0) is 24.1 Å². The molecule has 1 aliphatic heterocycles. The number of nitrogens with one attached hydrogen (secondary N) is 1. The summed E-state index contributed by atoms with van der Waals surface area (Å²) in [6.07, 6.45) is 1.44. The molecule has 1 aromatic heterocycles. The molecule has 142 valence electrons. The van der Waals surface area contributed by atoms with Crippen LogP contribution >= 0.6 is 11.8 Å². The summed E-state index contributed by atoms with van der Waals surface area (Å²) >= 11 is 1.19. The van der Waals surface area contributed by atoms with E-state index in [0.29, 0.717) is 24.4 Å². The number of aromatic amines is 1. The van der Waals surface area contributed by atoms with Crippen molar-refractivity contribution in [1.82, 2.24) is 20.1 Å². The van der Waals surface area contributed by atoms with Crippen molar-refractivity contribution >= 4 is 28.7 Å². The Bertz CT molecular complexity index is 826. The number of aromatic nitrogens is 3. The highest BCUT2D eigenvalue weighted by atomic mass is 32.2. The number of non-ortho nitro benzene ring substituents is 1. The molecule has 27 heavy (non-hydrogen) atoms. The number of ether oxygens (including phenoxy) is 1. The minimum Gasteiger partial charge on any atom is -0.445 e. The zero-order valence-electron chi connectivity index (χ0n) is 14.4. The van der Waals surface area contributed by atoms with Crippen molar-refractivity contribution < 1.29 is 19.2 Å². The van der Waals surface area contributed by atoms with Gasteiger partial charge in [0.25, 0.3) is 5.69 Å². The first-order chi connectivity index (χ1) is 12.9. The van der Waals surface area contributed by atoms with Crippen molar-refractivity contribution in [3.63, 3.8) is 0 Å². The molecule has 3 rings (SSSR count). The summed E-state index contributed by atoms with van der Waals surface area (Å²) in [5.74, 6) is 0.467. The zero-order chi connectivity index (χ0) is 19.4. The summed E-state index contributed by atoms with van der Waals surface area (Å²) in [5.41, 5.74) is 0.607. The van der Waals surface area contributed by atoms with E-state index in [1.165, 1.54) is 54.2 Å². The first-order valence-electron chi connectivity index (χ1n) is 8.13. The number of nitro benzene ring substituents is 1. The topological polar surface area (TPSA) is 131 Å². The predicted molar refractivity (Wildman–Crippen MR) is 95.8 cm³/mol. The van der Waals surface area contributed by atoms with Crippen LogP contribution in [0.3, 0.4) is 0 Å². The molecule has 0 spiro atoms. The molecule has 0 radical (unpaired) electrons. The Morgan fingerprint density at radius 3 is 2.74 bits per heavy atom. The van der Waals surface area contributed by atoms with E-state index >= 15 is 0 Å². The second-order valence-electron chi connectivity index (χ2n) is 5.97. The van der Waals surface area contributed by atoms with E-state index in [0.717, 1.165) is 0 Å². The molecule has 11 heteroatoms. The average Bonchev–Trinajstić information content (AvgIpc) is 3.29. The lowest BCUT2D eigenvalue weighted by atomic mass is 10.2. The number of nitro groups is 1. The summed E-state index contributed by atoms with van der Waals surface area (Å²) < 4.78 is 5.35. The van der Waals surface area contributed by atoms with Gasteiger partial charge < -0.3 is 4.74 Å². The van der Waals surface area contributed by atoms with E-state index < -0.39 is 11.0 Å². The number of amides is 1. The Labute approximate surface area is 158 Å². The van der Waals surface area contributed by atoms with Crippen LogP contribution in [0.5, 0.6) is 0 Å². The van der Waals surface area contributed by atoms with Gasteiger partial charge in [-0.15, -0.1) is 0 Å². The highest BCUT2D eigenvalue weighted by Gasteiger charge is 2.39. The van der Waals surface area contributed by atoms with Gasteiger partial charge in [-0.2, -0.15) is 5.10 Å². The maximum absolute atomic E-state index is 12.6. The van der Waals surface area contributed by atoms with Crippen molar-refractivity contribution in [2.45, 2.75) is 31.2 Å². The zero-order valence-corrected chi connectivity index (χ0v) is 15.2. The van der Waals surface area contributed by atoms with E-state index in [-0.39, 0.29) is 28.7 Å². The van der Waals surface area contributed by atoms with E-state index in [9.17, 15) is 19.7 Å². The second kappa shape index (κ2) is 8.16. The molecule has 2 heterocycles. The number of nitrogens with zero attached hydrogens (tertiary/aromatic N) is 4. The number of H-pyrrole nitrogens is 1. The summed E-state index contributed by atoms with van der Waals surface area (Å²) in [7, 11) is 0. The summed E-state index contributed by atoms with van der Waals surface area (Å²) in [6.45, 7) is 1.82. The van der Waals surface area contributed by atoms with Gasteiger partial charge in [0.15, 0.2) is 10.9 Å². The molecule has 10 nitrogen and oxygen atoms in total. The molecule has 1 aromatic carbocycles. The van der Waals surface area contributed by atoms with Gasteiger partial charge >= 0.3 is 6.09 Å².